The summed E-state index contributed by atoms with van der Waals surface area (Å²) in [5.41, 5.74) is 0. The molecule has 1 rings (SSSR count). The van der Waals surface area contributed by atoms with E-state index in [-0.39, 0.29) is 12.3 Å². The minimum absolute atomic E-state index is 0.0415. The van der Waals surface area contributed by atoms with Gasteiger partial charge in [0, 0.05) is 33.7 Å². The molecule has 92 valence electrons. The summed E-state index contributed by atoms with van der Waals surface area (Å²) < 4.78 is 10.9. The highest BCUT2D eigenvalue weighted by molar-refractivity contribution is 5.09. The third-order valence-electron chi connectivity index (χ3n) is 2.71. The van der Waals surface area contributed by atoms with Gasteiger partial charge in [-0.2, -0.15) is 0 Å². The summed E-state index contributed by atoms with van der Waals surface area (Å²) in [6.07, 6.45) is 1.88. The fraction of sp³-hybridized carbons (Fsp3) is 0.846. The van der Waals surface area contributed by atoms with E-state index in [9.17, 15) is 0 Å². The van der Waals surface area contributed by atoms with Crippen molar-refractivity contribution in [2.75, 3.05) is 27.3 Å². The van der Waals surface area contributed by atoms with Gasteiger partial charge in [-0.25, -0.2) is 0 Å². The Bertz CT molecular complexity index is 254. The van der Waals surface area contributed by atoms with Crippen molar-refractivity contribution in [1.82, 2.24) is 4.90 Å². The molecule has 0 spiro atoms. The highest BCUT2D eigenvalue weighted by Gasteiger charge is 2.27. The molecule has 0 fully saturated rings. The molecule has 1 heterocycles. The first-order chi connectivity index (χ1) is 7.69. The molecule has 1 aliphatic heterocycles. The number of hydrogen-bond acceptors (Lipinski definition) is 3. The first-order valence-corrected chi connectivity index (χ1v) is 5.97. The minimum Gasteiger partial charge on any atom is -0.365 e. The van der Waals surface area contributed by atoms with Crippen LogP contribution in [-0.4, -0.2) is 44.5 Å². The number of ether oxygens (including phenoxy) is 2. The van der Waals surface area contributed by atoms with Crippen LogP contribution in [0.4, 0.5) is 0 Å². The lowest BCUT2D eigenvalue weighted by molar-refractivity contribution is -0.103. The molecular formula is C13H23NO2. The Morgan fingerprint density at radius 3 is 2.62 bits per heavy atom. The van der Waals surface area contributed by atoms with Gasteiger partial charge in [-0.3, -0.25) is 4.90 Å². The molecule has 16 heavy (non-hydrogen) atoms. The van der Waals surface area contributed by atoms with Gasteiger partial charge in [-0.05, 0) is 12.3 Å². The first kappa shape index (κ1) is 13.5. The minimum atomic E-state index is -0.135. The van der Waals surface area contributed by atoms with Crippen LogP contribution in [0.5, 0.6) is 0 Å². The Balaban J connectivity index is 2.76. The van der Waals surface area contributed by atoms with Gasteiger partial charge in [-0.1, -0.05) is 19.8 Å². The van der Waals surface area contributed by atoms with E-state index in [0.717, 1.165) is 25.9 Å². The van der Waals surface area contributed by atoms with E-state index in [1.54, 1.807) is 14.2 Å². The van der Waals surface area contributed by atoms with E-state index in [1.807, 2.05) is 0 Å². The van der Waals surface area contributed by atoms with Crippen molar-refractivity contribution in [2.45, 2.75) is 39.0 Å². The molecule has 0 saturated heterocycles. The molecule has 0 amide bonds. The lowest BCUT2D eigenvalue weighted by Crippen LogP contribution is -2.47. The van der Waals surface area contributed by atoms with Gasteiger partial charge in [0.2, 0.25) is 0 Å². The van der Waals surface area contributed by atoms with Gasteiger partial charge in [-0.15, -0.1) is 5.92 Å². The highest BCUT2D eigenvalue weighted by Crippen LogP contribution is 2.14. The van der Waals surface area contributed by atoms with Crippen LogP contribution >= 0.6 is 0 Å². The lowest BCUT2D eigenvalue weighted by atomic mass is 10.1. The zero-order chi connectivity index (χ0) is 12.0. The average molecular weight is 225 g/mol. The van der Waals surface area contributed by atoms with Crippen LogP contribution in [0.3, 0.4) is 0 Å². The maximum Gasteiger partial charge on any atom is 0.157 e. The SMILES string of the molecule is COC1C#CCCCN(CC(C)C)C1OC. The van der Waals surface area contributed by atoms with Crippen LogP contribution in [0.15, 0.2) is 0 Å². The quantitative estimate of drug-likeness (QED) is 0.680. The second-order valence-corrected chi connectivity index (χ2v) is 4.60. The number of hydrogen-bond donors (Lipinski definition) is 0. The summed E-state index contributed by atoms with van der Waals surface area (Å²) in [6.45, 7) is 6.50. The summed E-state index contributed by atoms with van der Waals surface area (Å²) in [4.78, 5) is 2.34. The van der Waals surface area contributed by atoms with Gasteiger partial charge < -0.3 is 9.47 Å². The van der Waals surface area contributed by atoms with Crippen molar-refractivity contribution in [3.63, 3.8) is 0 Å². The molecule has 0 N–H and O–H groups in total. The monoisotopic (exact) mass is 225 g/mol. The van der Waals surface area contributed by atoms with E-state index >= 15 is 0 Å². The molecule has 0 aromatic heterocycles. The van der Waals surface area contributed by atoms with Gasteiger partial charge >= 0.3 is 0 Å². The van der Waals surface area contributed by atoms with Crippen LogP contribution < -0.4 is 0 Å². The van der Waals surface area contributed by atoms with Gasteiger partial charge in [0.15, 0.2) is 6.10 Å². The van der Waals surface area contributed by atoms with Crippen LogP contribution in [0.25, 0.3) is 0 Å². The second kappa shape index (κ2) is 6.90. The predicted octanol–water partition coefficient (Wildman–Crippen LogP) is 1.73. The Kier molecular flexibility index (Phi) is 5.83. The standard InChI is InChI=1S/C13H23NO2/c1-11(2)10-14-9-7-5-6-8-12(15-3)13(14)16-4/h11-13H,5,7,9-10H2,1-4H3. The predicted molar refractivity (Wildman–Crippen MR) is 65.0 cm³/mol. The number of nitrogens with zero attached hydrogens (tertiary/aromatic N) is 1. The molecule has 0 radical (unpaired) electrons. The van der Waals surface area contributed by atoms with Gasteiger partial charge in [0.25, 0.3) is 0 Å². The summed E-state index contributed by atoms with van der Waals surface area (Å²) in [5, 5.41) is 0. The number of methoxy groups -OCH3 is 2. The molecule has 2 unspecified atom stereocenters. The molecule has 2 atom stereocenters. The fourth-order valence-electron chi connectivity index (χ4n) is 2.05. The van der Waals surface area contributed by atoms with Gasteiger partial charge in [0.05, 0.1) is 0 Å². The van der Waals surface area contributed by atoms with Crippen molar-refractivity contribution in [3.05, 3.63) is 0 Å². The highest BCUT2D eigenvalue weighted by atomic mass is 16.5. The molecule has 0 aliphatic carbocycles. The van der Waals surface area contributed by atoms with Crippen molar-refractivity contribution in [2.24, 2.45) is 5.92 Å². The first-order valence-electron chi connectivity index (χ1n) is 5.97. The zero-order valence-electron chi connectivity index (χ0n) is 10.8. The third-order valence-corrected chi connectivity index (χ3v) is 2.71. The van der Waals surface area contributed by atoms with Crippen molar-refractivity contribution in [1.29, 1.82) is 0 Å². The van der Waals surface area contributed by atoms with E-state index in [4.69, 9.17) is 9.47 Å². The normalized spacial score (nSPS) is 27.1. The summed E-state index contributed by atoms with van der Waals surface area (Å²) in [7, 11) is 3.42. The maximum atomic E-state index is 5.54. The molecule has 3 heteroatoms. The van der Waals surface area contributed by atoms with Crippen molar-refractivity contribution < 1.29 is 9.47 Å². The van der Waals surface area contributed by atoms with E-state index in [2.05, 4.69) is 30.6 Å². The Morgan fingerprint density at radius 2 is 2.06 bits per heavy atom. The fourth-order valence-corrected chi connectivity index (χ4v) is 2.05. The lowest BCUT2D eigenvalue weighted by Gasteiger charge is -2.35. The smallest absolute Gasteiger partial charge is 0.157 e. The largest absolute Gasteiger partial charge is 0.365 e. The van der Waals surface area contributed by atoms with Crippen LogP contribution in [0.1, 0.15) is 26.7 Å². The van der Waals surface area contributed by atoms with Crippen molar-refractivity contribution in [3.8, 4) is 11.8 Å². The topological polar surface area (TPSA) is 21.7 Å². The molecule has 0 aromatic carbocycles. The summed E-state index contributed by atoms with van der Waals surface area (Å²) in [6, 6.07) is 0. The Labute approximate surface area is 99.1 Å². The van der Waals surface area contributed by atoms with Crippen LogP contribution in [-0.2, 0) is 9.47 Å². The van der Waals surface area contributed by atoms with Crippen LogP contribution in [0.2, 0.25) is 0 Å². The molecule has 0 saturated carbocycles. The Hall–Kier alpha value is -0.560. The van der Waals surface area contributed by atoms with Crippen molar-refractivity contribution >= 4 is 0 Å². The molecule has 3 nitrogen and oxygen atoms in total. The number of rotatable bonds is 4. The average Bonchev–Trinajstić information content (AvgIpc) is 2.22. The second-order valence-electron chi connectivity index (χ2n) is 4.60. The third kappa shape index (κ3) is 3.79. The Morgan fingerprint density at radius 1 is 1.31 bits per heavy atom. The summed E-state index contributed by atoms with van der Waals surface area (Å²) >= 11 is 0. The molecular weight excluding hydrogens is 202 g/mol. The zero-order valence-corrected chi connectivity index (χ0v) is 10.8. The van der Waals surface area contributed by atoms with Crippen LogP contribution in [0, 0.1) is 17.8 Å². The summed E-state index contributed by atoms with van der Waals surface area (Å²) in [5.74, 6) is 6.91. The van der Waals surface area contributed by atoms with E-state index < -0.39 is 0 Å². The van der Waals surface area contributed by atoms with Gasteiger partial charge in [0.1, 0.15) is 6.23 Å². The molecule has 0 bridgehead atoms. The van der Waals surface area contributed by atoms with E-state index in [1.165, 1.54) is 0 Å². The molecule has 1 aliphatic rings. The maximum absolute atomic E-state index is 5.54. The van der Waals surface area contributed by atoms with E-state index in [0.29, 0.717) is 5.92 Å². The molecule has 0 aromatic rings.